The molecule has 1 amide bonds. The van der Waals surface area contributed by atoms with Crippen molar-refractivity contribution in [2.24, 2.45) is 0 Å². The Balaban J connectivity index is 1.51. The zero-order chi connectivity index (χ0) is 22.2. The summed E-state index contributed by atoms with van der Waals surface area (Å²) in [4.78, 5) is 11.6. The first-order chi connectivity index (χ1) is 15.7. The third-order valence-corrected chi connectivity index (χ3v) is 6.03. The number of fused-ring (bicyclic) bond motifs is 1. The fourth-order valence-corrected chi connectivity index (χ4v) is 4.25. The Bertz CT molecular complexity index is 1060. The molecule has 32 heavy (non-hydrogen) atoms. The summed E-state index contributed by atoms with van der Waals surface area (Å²) < 4.78 is 6.27. The molecule has 0 unspecified atom stereocenters. The molecule has 0 aromatic heterocycles. The smallest absolute Gasteiger partial charge is 0.274 e. The number of ether oxygens (including phenoxy) is 1. The van der Waals surface area contributed by atoms with Gasteiger partial charge in [-0.3, -0.25) is 10.0 Å². The molecule has 3 N–H and O–H groups in total. The van der Waals surface area contributed by atoms with Crippen molar-refractivity contribution in [1.29, 1.82) is 0 Å². The number of carbonyl (C=O) groups is 1. The average Bonchev–Trinajstić information content (AvgIpc) is 2.86. The van der Waals surface area contributed by atoms with E-state index in [2.05, 4.69) is 29.6 Å². The second-order valence-corrected chi connectivity index (χ2v) is 8.35. The van der Waals surface area contributed by atoms with Crippen molar-refractivity contribution in [2.45, 2.75) is 38.1 Å². The van der Waals surface area contributed by atoms with E-state index >= 15 is 0 Å². The highest BCUT2D eigenvalue weighted by molar-refractivity contribution is 5.93. The molecule has 3 aromatic carbocycles. The molecule has 0 atom stereocenters. The maximum atomic E-state index is 11.6. The second-order valence-electron chi connectivity index (χ2n) is 8.35. The van der Waals surface area contributed by atoms with Crippen molar-refractivity contribution < 1.29 is 14.7 Å². The summed E-state index contributed by atoms with van der Waals surface area (Å²) >= 11 is 0. The summed E-state index contributed by atoms with van der Waals surface area (Å²) in [5.74, 6) is 0.362. The molecule has 0 bridgehead atoms. The number of benzene rings is 3. The molecule has 0 heterocycles. The molecule has 5 heteroatoms. The Morgan fingerprint density at radius 1 is 0.969 bits per heavy atom. The molecular formula is C27H30N2O3. The summed E-state index contributed by atoms with van der Waals surface area (Å²) in [5, 5.41) is 14.8. The van der Waals surface area contributed by atoms with Crippen LogP contribution in [0.3, 0.4) is 0 Å². The van der Waals surface area contributed by atoms with Crippen LogP contribution < -0.4 is 15.5 Å². The van der Waals surface area contributed by atoms with E-state index in [1.165, 1.54) is 32.1 Å². The van der Waals surface area contributed by atoms with E-state index in [4.69, 9.17) is 9.94 Å². The number of rotatable bonds is 8. The Morgan fingerprint density at radius 2 is 1.72 bits per heavy atom. The Kier molecular flexibility index (Phi) is 7.54. The lowest BCUT2D eigenvalue weighted by Crippen LogP contribution is -2.33. The average molecular weight is 431 g/mol. The molecule has 4 rings (SSSR count). The lowest BCUT2D eigenvalue weighted by molar-refractivity contribution is 0.0706. The van der Waals surface area contributed by atoms with Gasteiger partial charge in [0.05, 0.1) is 0 Å². The summed E-state index contributed by atoms with van der Waals surface area (Å²) in [6, 6.07) is 22.1. The third kappa shape index (κ3) is 5.75. The zero-order valence-electron chi connectivity index (χ0n) is 18.2. The number of carbonyl (C=O) groups excluding carboxylic acids is 1. The first kappa shape index (κ1) is 22.1. The maximum Gasteiger partial charge on any atom is 0.274 e. The van der Waals surface area contributed by atoms with Gasteiger partial charge in [-0.15, -0.1) is 0 Å². The first-order valence-electron chi connectivity index (χ1n) is 11.3. The Labute approximate surface area is 189 Å². The quantitative estimate of drug-likeness (QED) is 0.333. The van der Waals surface area contributed by atoms with Crippen LogP contribution in [0.2, 0.25) is 0 Å². The van der Waals surface area contributed by atoms with Crippen LogP contribution >= 0.6 is 0 Å². The Hall–Kier alpha value is -3.15. The molecule has 0 saturated heterocycles. The molecule has 1 fully saturated rings. The van der Waals surface area contributed by atoms with Gasteiger partial charge in [-0.25, -0.2) is 5.48 Å². The molecule has 1 aliphatic rings. The van der Waals surface area contributed by atoms with Gasteiger partial charge in [-0.1, -0.05) is 73.9 Å². The van der Waals surface area contributed by atoms with Crippen molar-refractivity contribution in [2.75, 3.05) is 13.2 Å². The van der Waals surface area contributed by atoms with Crippen LogP contribution in [0, 0.1) is 0 Å². The summed E-state index contributed by atoms with van der Waals surface area (Å²) in [7, 11) is 0. The number of hydroxylamine groups is 1. The zero-order valence-corrected chi connectivity index (χ0v) is 18.2. The van der Waals surface area contributed by atoms with Gasteiger partial charge in [-0.2, -0.15) is 0 Å². The number of nitrogens with one attached hydrogen (secondary N) is 2. The summed E-state index contributed by atoms with van der Waals surface area (Å²) in [6.07, 6.45) is 8.47. The van der Waals surface area contributed by atoms with Gasteiger partial charge in [0.15, 0.2) is 0 Å². The van der Waals surface area contributed by atoms with E-state index < -0.39 is 5.91 Å². The molecule has 0 spiro atoms. The van der Waals surface area contributed by atoms with E-state index in [0.717, 1.165) is 34.2 Å². The van der Waals surface area contributed by atoms with Crippen molar-refractivity contribution >= 4 is 22.8 Å². The molecule has 0 radical (unpaired) electrons. The van der Waals surface area contributed by atoms with Crippen LogP contribution in [0.25, 0.3) is 16.8 Å². The molecular weight excluding hydrogens is 400 g/mol. The minimum absolute atomic E-state index is 0.415. The normalized spacial score (nSPS) is 15.0. The SMILES string of the molecule is O=C(NO)c1ccc(/C=C(/CNC2CCCCC2)COc2cccc3ccccc23)cc1. The first-order valence-corrected chi connectivity index (χ1v) is 11.3. The number of hydrogen-bond acceptors (Lipinski definition) is 4. The van der Waals surface area contributed by atoms with Gasteiger partial charge >= 0.3 is 0 Å². The molecule has 3 aromatic rings. The molecule has 1 aliphatic carbocycles. The van der Waals surface area contributed by atoms with E-state index in [9.17, 15) is 4.79 Å². The molecule has 166 valence electrons. The van der Waals surface area contributed by atoms with Crippen LogP contribution in [0.1, 0.15) is 48.0 Å². The number of hydrogen-bond donors (Lipinski definition) is 3. The van der Waals surface area contributed by atoms with Crippen molar-refractivity contribution in [3.63, 3.8) is 0 Å². The van der Waals surface area contributed by atoms with Gasteiger partial charge in [0, 0.05) is 23.5 Å². The fraction of sp³-hybridized carbons (Fsp3) is 0.296. The Morgan fingerprint density at radius 3 is 2.50 bits per heavy atom. The highest BCUT2D eigenvalue weighted by atomic mass is 16.5. The van der Waals surface area contributed by atoms with Gasteiger partial charge in [0.1, 0.15) is 12.4 Å². The summed E-state index contributed by atoms with van der Waals surface area (Å²) in [6.45, 7) is 1.24. The van der Waals surface area contributed by atoms with Crippen molar-refractivity contribution in [3.8, 4) is 5.75 Å². The van der Waals surface area contributed by atoms with Crippen molar-refractivity contribution in [1.82, 2.24) is 10.8 Å². The predicted molar refractivity (Wildman–Crippen MR) is 128 cm³/mol. The second kappa shape index (κ2) is 10.9. The van der Waals surface area contributed by atoms with Crippen molar-refractivity contribution in [3.05, 3.63) is 83.4 Å². The van der Waals surface area contributed by atoms with Crippen LogP contribution in [-0.4, -0.2) is 30.3 Å². The topological polar surface area (TPSA) is 70.6 Å². The molecule has 1 saturated carbocycles. The lowest BCUT2D eigenvalue weighted by Gasteiger charge is -2.23. The lowest BCUT2D eigenvalue weighted by atomic mass is 9.95. The molecule has 5 nitrogen and oxygen atoms in total. The monoisotopic (exact) mass is 430 g/mol. The van der Waals surface area contributed by atoms with E-state index in [0.29, 0.717) is 18.2 Å². The van der Waals surface area contributed by atoms with Gasteiger partial charge in [0.2, 0.25) is 0 Å². The standard InChI is InChI=1S/C27H30N2O3/c30-27(29-31)23-15-13-20(14-16-23)17-21(18-28-24-9-2-1-3-10-24)19-32-26-12-6-8-22-7-4-5-11-25(22)26/h4-8,11-17,24,28,31H,1-3,9-10,18-19H2,(H,29,30)/b21-17-. The third-order valence-electron chi connectivity index (χ3n) is 6.03. The minimum Gasteiger partial charge on any atom is -0.489 e. The highest BCUT2D eigenvalue weighted by Gasteiger charge is 2.13. The van der Waals surface area contributed by atoms with Crippen LogP contribution in [0.5, 0.6) is 5.75 Å². The predicted octanol–water partition coefficient (Wildman–Crippen LogP) is 5.34. The summed E-state index contributed by atoms with van der Waals surface area (Å²) in [5.41, 5.74) is 4.21. The van der Waals surface area contributed by atoms with E-state index in [1.807, 2.05) is 36.4 Å². The van der Waals surface area contributed by atoms with Crippen LogP contribution in [0.4, 0.5) is 0 Å². The van der Waals surface area contributed by atoms with E-state index in [-0.39, 0.29) is 0 Å². The minimum atomic E-state index is -0.515. The number of amides is 1. The maximum absolute atomic E-state index is 11.6. The highest BCUT2D eigenvalue weighted by Crippen LogP contribution is 2.26. The van der Waals surface area contributed by atoms with Gasteiger partial charge in [0.25, 0.3) is 5.91 Å². The van der Waals surface area contributed by atoms with Crippen LogP contribution in [-0.2, 0) is 0 Å². The molecule has 0 aliphatic heterocycles. The van der Waals surface area contributed by atoms with Gasteiger partial charge < -0.3 is 10.1 Å². The van der Waals surface area contributed by atoms with Crippen LogP contribution in [0.15, 0.2) is 72.3 Å². The fourth-order valence-electron chi connectivity index (χ4n) is 4.25. The van der Waals surface area contributed by atoms with E-state index in [1.54, 1.807) is 17.6 Å². The largest absolute Gasteiger partial charge is 0.489 e. The van der Waals surface area contributed by atoms with Gasteiger partial charge in [-0.05, 0) is 47.6 Å².